The van der Waals surface area contributed by atoms with E-state index in [1.165, 1.54) is 6.20 Å². The average Bonchev–Trinajstić information content (AvgIpc) is 2.28. The van der Waals surface area contributed by atoms with Gasteiger partial charge in [-0.15, -0.1) is 0 Å². The maximum atomic E-state index is 8.79. The second kappa shape index (κ2) is 6.34. The Hall–Kier alpha value is -1.27. The van der Waals surface area contributed by atoms with Gasteiger partial charge in [0, 0.05) is 6.20 Å². The van der Waals surface area contributed by atoms with Gasteiger partial charge < -0.3 is 4.74 Å². The summed E-state index contributed by atoms with van der Waals surface area (Å²) in [5.41, 5.74) is 0.398. The van der Waals surface area contributed by atoms with Crippen molar-refractivity contribution in [1.82, 2.24) is 4.98 Å². The number of rotatable bonds is 5. The van der Waals surface area contributed by atoms with Crippen molar-refractivity contribution in [3.05, 3.63) is 22.8 Å². The van der Waals surface area contributed by atoms with E-state index in [-0.39, 0.29) is 0 Å². The van der Waals surface area contributed by atoms with E-state index in [4.69, 9.17) is 21.6 Å². The minimum absolute atomic E-state index is 0.300. The Bertz CT molecular complexity index is 387. The maximum absolute atomic E-state index is 8.79. The number of halogens is 1. The molecule has 0 spiro atoms. The molecule has 0 bridgehead atoms. The van der Waals surface area contributed by atoms with Crippen LogP contribution in [0.15, 0.2) is 12.3 Å². The molecule has 4 heteroatoms. The van der Waals surface area contributed by atoms with E-state index >= 15 is 0 Å². The molecule has 0 saturated carbocycles. The minimum atomic E-state index is 0.300. The zero-order valence-electron chi connectivity index (χ0n) is 9.53. The molecule has 3 nitrogen and oxygen atoms in total. The quantitative estimate of drug-likeness (QED) is 0.790. The van der Waals surface area contributed by atoms with E-state index in [0.717, 1.165) is 12.8 Å². The Kier molecular flexibility index (Phi) is 5.07. The van der Waals surface area contributed by atoms with Crippen LogP contribution in [0.4, 0.5) is 0 Å². The third-order valence-corrected chi connectivity index (χ3v) is 2.63. The summed E-state index contributed by atoms with van der Waals surface area (Å²) in [7, 11) is 0. The fourth-order valence-electron chi connectivity index (χ4n) is 1.41. The van der Waals surface area contributed by atoms with Crippen LogP contribution in [0.5, 0.6) is 5.88 Å². The van der Waals surface area contributed by atoms with Gasteiger partial charge in [0.25, 0.3) is 0 Å². The highest BCUT2D eigenvalue weighted by Crippen LogP contribution is 2.25. The van der Waals surface area contributed by atoms with E-state index in [1.54, 1.807) is 6.07 Å². The van der Waals surface area contributed by atoms with Gasteiger partial charge in [-0.2, -0.15) is 5.26 Å². The summed E-state index contributed by atoms with van der Waals surface area (Å²) in [4.78, 5) is 4.01. The highest BCUT2D eigenvalue weighted by Gasteiger charge is 2.09. The molecule has 0 radical (unpaired) electrons. The number of nitriles is 1. The summed E-state index contributed by atoms with van der Waals surface area (Å²) in [6.45, 7) is 4.83. The van der Waals surface area contributed by atoms with Gasteiger partial charge >= 0.3 is 0 Å². The van der Waals surface area contributed by atoms with E-state index < -0.39 is 0 Å². The second-order valence-electron chi connectivity index (χ2n) is 3.79. The first kappa shape index (κ1) is 12.8. The molecule has 0 N–H and O–H groups in total. The number of ether oxygens (including phenoxy) is 1. The zero-order valence-corrected chi connectivity index (χ0v) is 10.3. The van der Waals surface area contributed by atoms with E-state index in [2.05, 4.69) is 18.8 Å². The van der Waals surface area contributed by atoms with Crippen LogP contribution in [0, 0.1) is 17.2 Å². The van der Waals surface area contributed by atoms with Crippen LogP contribution < -0.4 is 4.74 Å². The molecule has 1 rings (SSSR count). The SMILES string of the molecule is CCCC(C)COc1nccc(C#N)c1Cl. The van der Waals surface area contributed by atoms with Crippen molar-refractivity contribution in [2.45, 2.75) is 26.7 Å². The molecule has 1 atom stereocenters. The van der Waals surface area contributed by atoms with Gasteiger partial charge in [-0.25, -0.2) is 4.98 Å². The predicted molar refractivity (Wildman–Crippen MR) is 63.5 cm³/mol. The molecule has 0 aliphatic heterocycles. The lowest BCUT2D eigenvalue weighted by molar-refractivity contribution is 0.243. The highest BCUT2D eigenvalue weighted by molar-refractivity contribution is 6.32. The minimum Gasteiger partial charge on any atom is -0.476 e. The van der Waals surface area contributed by atoms with Crippen molar-refractivity contribution in [2.75, 3.05) is 6.61 Å². The number of nitrogens with zero attached hydrogens (tertiary/aromatic N) is 2. The normalized spacial score (nSPS) is 11.9. The Morgan fingerprint density at radius 2 is 2.38 bits per heavy atom. The van der Waals surface area contributed by atoms with Crippen LogP contribution in [0.3, 0.4) is 0 Å². The van der Waals surface area contributed by atoms with E-state index in [0.29, 0.717) is 29.0 Å². The van der Waals surface area contributed by atoms with Crippen molar-refractivity contribution >= 4 is 11.6 Å². The molecule has 1 heterocycles. The number of hydrogen-bond acceptors (Lipinski definition) is 3. The average molecular weight is 239 g/mol. The first-order valence-corrected chi connectivity index (χ1v) is 5.74. The van der Waals surface area contributed by atoms with Crippen LogP contribution in [0.2, 0.25) is 5.02 Å². The molecule has 0 fully saturated rings. The van der Waals surface area contributed by atoms with Gasteiger partial charge in [-0.3, -0.25) is 0 Å². The standard InChI is InChI=1S/C12H15ClN2O/c1-3-4-9(2)8-16-12-11(13)10(7-14)5-6-15-12/h5-6,9H,3-4,8H2,1-2H3. The Morgan fingerprint density at radius 3 is 3.00 bits per heavy atom. The number of hydrogen-bond donors (Lipinski definition) is 0. The van der Waals surface area contributed by atoms with E-state index in [9.17, 15) is 0 Å². The molecular weight excluding hydrogens is 224 g/mol. The van der Waals surface area contributed by atoms with Crippen LogP contribution in [0.25, 0.3) is 0 Å². The van der Waals surface area contributed by atoms with Gasteiger partial charge in [0.1, 0.15) is 11.1 Å². The summed E-state index contributed by atoms with van der Waals surface area (Å²) in [6.07, 6.45) is 3.77. The third kappa shape index (κ3) is 3.39. The summed E-state index contributed by atoms with van der Waals surface area (Å²) in [6, 6.07) is 3.57. The molecule has 16 heavy (non-hydrogen) atoms. The molecular formula is C12H15ClN2O. The second-order valence-corrected chi connectivity index (χ2v) is 4.17. The topological polar surface area (TPSA) is 45.9 Å². The monoisotopic (exact) mass is 238 g/mol. The fourth-order valence-corrected chi connectivity index (χ4v) is 1.62. The Balaban J connectivity index is 2.64. The van der Waals surface area contributed by atoms with Crippen molar-refractivity contribution in [1.29, 1.82) is 5.26 Å². The predicted octanol–water partition coefficient (Wildman–Crippen LogP) is 3.42. The Morgan fingerprint density at radius 1 is 1.62 bits per heavy atom. The Labute approximate surface area is 101 Å². The summed E-state index contributed by atoms with van der Waals surface area (Å²) in [5, 5.41) is 9.09. The number of aromatic nitrogens is 1. The van der Waals surface area contributed by atoms with Crippen LogP contribution in [-0.4, -0.2) is 11.6 Å². The molecule has 86 valence electrons. The summed E-state index contributed by atoms with van der Waals surface area (Å²) < 4.78 is 5.50. The number of pyridine rings is 1. The molecule has 1 unspecified atom stereocenters. The zero-order chi connectivity index (χ0) is 12.0. The lowest BCUT2D eigenvalue weighted by atomic mass is 10.1. The van der Waals surface area contributed by atoms with Crippen LogP contribution in [-0.2, 0) is 0 Å². The molecule has 0 aliphatic rings. The van der Waals surface area contributed by atoms with E-state index in [1.807, 2.05) is 6.07 Å². The molecule has 0 saturated heterocycles. The fraction of sp³-hybridized carbons (Fsp3) is 0.500. The van der Waals surface area contributed by atoms with Crippen molar-refractivity contribution in [3.63, 3.8) is 0 Å². The maximum Gasteiger partial charge on any atom is 0.233 e. The van der Waals surface area contributed by atoms with Crippen molar-refractivity contribution in [2.24, 2.45) is 5.92 Å². The lowest BCUT2D eigenvalue weighted by Crippen LogP contribution is -2.09. The van der Waals surface area contributed by atoms with Gasteiger partial charge in [-0.1, -0.05) is 31.9 Å². The first-order valence-electron chi connectivity index (χ1n) is 5.36. The molecule has 0 amide bonds. The molecule has 1 aromatic rings. The highest BCUT2D eigenvalue weighted by atomic mass is 35.5. The van der Waals surface area contributed by atoms with Gasteiger partial charge in [-0.05, 0) is 18.4 Å². The third-order valence-electron chi connectivity index (χ3n) is 2.26. The van der Waals surface area contributed by atoms with Gasteiger partial charge in [0.15, 0.2) is 0 Å². The van der Waals surface area contributed by atoms with Gasteiger partial charge in [0.2, 0.25) is 5.88 Å². The largest absolute Gasteiger partial charge is 0.476 e. The first-order chi connectivity index (χ1) is 7.69. The molecule has 1 aromatic heterocycles. The molecule has 0 aromatic carbocycles. The van der Waals surface area contributed by atoms with Crippen LogP contribution in [0.1, 0.15) is 32.3 Å². The smallest absolute Gasteiger partial charge is 0.233 e. The summed E-state index contributed by atoms with van der Waals surface area (Å²) in [5.74, 6) is 0.817. The van der Waals surface area contributed by atoms with Gasteiger partial charge in [0.05, 0.1) is 12.2 Å². The molecule has 0 aliphatic carbocycles. The van der Waals surface area contributed by atoms with Crippen molar-refractivity contribution < 1.29 is 4.74 Å². The van der Waals surface area contributed by atoms with Crippen LogP contribution >= 0.6 is 11.6 Å². The lowest BCUT2D eigenvalue weighted by Gasteiger charge is -2.12. The van der Waals surface area contributed by atoms with Crippen molar-refractivity contribution in [3.8, 4) is 11.9 Å². The summed E-state index contributed by atoms with van der Waals surface area (Å²) >= 11 is 5.96.